The highest BCUT2D eigenvalue weighted by Gasteiger charge is 2.28. The number of urea groups is 1. The second-order valence-electron chi connectivity index (χ2n) is 6.68. The van der Waals surface area contributed by atoms with Gasteiger partial charge in [0.1, 0.15) is 11.6 Å². The molecule has 1 aromatic carbocycles. The summed E-state index contributed by atoms with van der Waals surface area (Å²) in [6, 6.07) is 6.00. The molecule has 1 fully saturated rings. The van der Waals surface area contributed by atoms with E-state index < -0.39 is 5.82 Å². The van der Waals surface area contributed by atoms with Gasteiger partial charge in [-0.05, 0) is 37.8 Å². The van der Waals surface area contributed by atoms with Crippen LogP contribution in [0.3, 0.4) is 0 Å². The fourth-order valence-electron chi connectivity index (χ4n) is 3.40. The Morgan fingerprint density at radius 1 is 1.40 bits per heavy atom. The molecule has 1 N–H and O–H groups in total. The zero-order valence-corrected chi connectivity index (χ0v) is 14.8. The van der Waals surface area contributed by atoms with Crippen LogP contribution in [0.4, 0.5) is 14.9 Å². The Kier molecular flexibility index (Phi) is 5.36. The zero-order valence-electron chi connectivity index (χ0n) is 14.8. The lowest BCUT2D eigenvalue weighted by molar-refractivity contribution is 0.220. The van der Waals surface area contributed by atoms with Gasteiger partial charge in [-0.25, -0.2) is 14.2 Å². The number of nitrogens with zero attached hydrogens (tertiary/aromatic N) is 3. The average molecular weight is 344 g/mol. The summed E-state index contributed by atoms with van der Waals surface area (Å²) in [6.45, 7) is 6.59. The average Bonchev–Trinajstić information content (AvgIpc) is 3.19. The van der Waals surface area contributed by atoms with Crippen molar-refractivity contribution in [2.75, 3.05) is 18.4 Å². The number of hydrogen-bond acceptors (Lipinski definition) is 2. The Morgan fingerprint density at radius 2 is 2.20 bits per heavy atom. The van der Waals surface area contributed by atoms with Crippen molar-refractivity contribution in [1.82, 2.24) is 14.5 Å². The Balaban J connectivity index is 1.58. The van der Waals surface area contributed by atoms with Gasteiger partial charge in [0.05, 0.1) is 5.69 Å². The van der Waals surface area contributed by atoms with E-state index >= 15 is 0 Å². The van der Waals surface area contributed by atoms with E-state index in [1.54, 1.807) is 23.1 Å². The third-order valence-electron chi connectivity index (χ3n) is 4.74. The van der Waals surface area contributed by atoms with Crippen LogP contribution in [0.15, 0.2) is 30.5 Å². The number of hydrogen-bond donors (Lipinski definition) is 1. The number of carbonyl (C=O) groups excluding carboxylic acids is 1. The molecule has 2 heterocycles. The molecule has 0 radical (unpaired) electrons. The minimum Gasteiger partial charge on any atom is -0.332 e. The first kappa shape index (κ1) is 17.5. The van der Waals surface area contributed by atoms with Crippen molar-refractivity contribution >= 4 is 11.7 Å². The summed E-state index contributed by atoms with van der Waals surface area (Å²) >= 11 is 0. The SMILES string of the molecule is CCCn1c(C)cnc1CC1CCN(C(=O)Nc2ccccc2F)C1. The minimum absolute atomic E-state index is 0.227. The van der Waals surface area contributed by atoms with Gasteiger partial charge in [0, 0.05) is 37.9 Å². The van der Waals surface area contributed by atoms with E-state index in [4.69, 9.17) is 0 Å². The first-order valence-corrected chi connectivity index (χ1v) is 8.90. The number of rotatable bonds is 5. The van der Waals surface area contributed by atoms with Crippen molar-refractivity contribution in [3.8, 4) is 0 Å². The summed E-state index contributed by atoms with van der Waals surface area (Å²) in [6.07, 6.45) is 4.81. The lowest BCUT2D eigenvalue weighted by Gasteiger charge is -2.18. The number of aryl methyl sites for hydroxylation is 1. The monoisotopic (exact) mass is 344 g/mol. The molecule has 0 spiro atoms. The summed E-state index contributed by atoms with van der Waals surface area (Å²) in [5.74, 6) is 1.08. The number of aromatic nitrogens is 2. The second-order valence-corrected chi connectivity index (χ2v) is 6.68. The van der Waals surface area contributed by atoms with Crippen molar-refractivity contribution in [3.05, 3.63) is 47.8 Å². The molecule has 134 valence electrons. The summed E-state index contributed by atoms with van der Waals surface area (Å²) in [5, 5.41) is 2.66. The number of likely N-dealkylation sites (tertiary alicyclic amines) is 1. The summed E-state index contributed by atoms with van der Waals surface area (Å²) in [7, 11) is 0. The number of carbonyl (C=O) groups is 1. The maximum absolute atomic E-state index is 13.7. The molecule has 0 aliphatic carbocycles. The maximum atomic E-state index is 13.7. The van der Waals surface area contributed by atoms with Crippen molar-refractivity contribution in [3.63, 3.8) is 0 Å². The van der Waals surface area contributed by atoms with Crippen molar-refractivity contribution in [1.29, 1.82) is 0 Å². The molecule has 6 heteroatoms. The smallest absolute Gasteiger partial charge is 0.321 e. The van der Waals surface area contributed by atoms with E-state index in [1.165, 1.54) is 11.8 Å². The van der Waals surface area contributed by atoms with E-state index in [0.29, 0.717) is 19.0 Å². The molecule has 1 aliphatic rings. The quantitative estimate of drug-likeness (QED) is 0.896. The second kappa shape index (κ2) is 7.68. The van der Waals surface area contributed by atoms with Gasteiger partial charge in [0.15, 0.2) is 0 Å². The molecular formula is C19H25FN4O. The maximum Gasteiger partial charge on any atom is 0.321 e. The number of para-hydroxylation sites is 1. The molecule has 1 aliphatic heterocycles. The third kappa shape index (κ3) is 4.00. The van der Waals surface area contributed by atoms with Crippen LogP contribution in [0, 0.1) is 18.7 Å². The fourth-order valence-corrected chi connectivity index (χ4v) is 3.40. The molecule has 3 rings (SSSR count). The van der Waals surface area contributed by atoms with Gasteiger partial charge in [-0.2, -0.15) is 0 Å². The molecule has 2 amide bonds. The molecule has 1 aromatic heterocycles. The van der Waals surface area contributed by atoms with Crippen molar-refractivity contribution in [2.24, 2.45) is 5.92 Å². The molecule has 5 nitrogen and oxygen atoms in total. The molecule has 0 saturated carbocycles. The van der Waals surface area contributed by atoms with Crippen LogP contribution >= 0.6 is 0 Å². The van der Waals surface area contributed by atoms with Gasteiger partial charge in [-0.1, -0.05) is 19.1 Å². The van der Waals surface area contributed by atoms with Crippen LogP contribution in [0.5, 0.6) is 0 Å². The third-order valence-corrected chi connectivity index (χ3v) is 4.74. The molecular weight excluding hydrogens is 319 g/mol. The highest BCUT2D eigenvalue weighted by atomic mass is 19.1. The molecule has 2 aromatic rings. The fraction of sp³-hybridized carbons (Fsp3) is 0.474. The van der Waals surface area contributed by atoms with Gasteiger partial charge in [-0.15, -0.1) is 0 Å². The van der Waals surface area contributed by atoms with Crippen LogP contribution in [0.1, 0.15) is 31.3 Å². The Morgan fingerprint density at radius 3 is 2.96 bits per heavy atom. The van der Waals surface area contributed by atoms with Crippen molar-refractivity contribution in [2.45, 2.75) is 39.7 Å². The lowest BCUT2D eigenvalue weighted by atomic mass is 10.0. The first-order chi connectivity index (χ1) is 12.1. The highest BCUT2D eigenvalue weighted by molar-refractivity contribution is 5.89. The summed E-state index contributed by atoms with van der Waals surface area (Å²) in [5.41, 5.74) is 1.41. The minimum atomic E-state index is -0.413. The van der Waals surface area contributed by atoms with E-state index in [9.17, 15) is 9.18 Å². The molecule has 1 saturated heterocycles. The van der Waals surface area contributed by atoms with Gasteiger partial charge in [-0.3, -0.25) is 0 Å². The van der Waals surface area contributed by atoms with Gasteiger partial charge in [0.2, 0.25) is 0 Å². The number of nitrogens with one attached hydrogen (secondary N) is 1. The molecule has 25 heavy (non-hydrogen) atoms. The van der Waals surface area contributed by atoms with E-state index in [1.807, 2.05) is 6.20 Å². The topological polar surface area (TPSA) is 50.2 Å². The van der Waals surface area contributed by atoms with Gasteiger partial charge < -0.3 is 14.8 Å². The first-order valence-electron chi connectivity index (χ1n) is 8.90. The van der Waals surface area contributed by atoms with Crippen LogP contribution in [-0.4, -0.2) is 33.6 Å². The van der Waals surface area contributed by atoms with Crippen LogP contribution < -0.4 is 5.32 Å². The van der Waals surface area contributed by atoms with E-state index in [2.05, 4.69) is 28.7 Å². The van der Waals surface area contributed by atoms with Gasteiger partial charge in [0.25, 0.3) is 0 Å². The Bertz CT molecular complexity index is 743. The normalized spacial score (nSPS) is 17.1. The standard InChI is InChI=1S/C19H25FN4O/c1-3-9-24-14(2)12-21-18(24)11-15-8-10-23(13-15)19(25)22-17-7-5-4-6-16(17)20/h4-7,12,15H,3,8-11,13H2,1-2H3,(H,22,25). The molecule has 1 atom stereocenters. The predicted molar refractivity (Wildman–Crippen MR) is 96.1 cm³/mol. The van der Waals surface area contributed by atoms with E-state index in [0.717, 1.165) is 31.6 Å². The highest BCUT2D eigenvalue weighted by Crippen LogP contribution is 2.22. The van der Waals surface area contributed by atoms with Crippen LogP contribution in [0.25, 0.3) is 0 Å². The molecule has 0 bridgehead atoms. The Hall–Kier alpha value is -2.37. The van der Waals surface area contributed by atoms with Crippen LogP contribution in [-0.2, 0) is 13.0 Å². The largest absolute Gasteiger partial charge is 0.332 e. The van der Waals surface area contributed by atoms with Crippen LogP contribution in [0.2, 0.25) is 0 Å². The predicted octanol–water partition coefficient (Wildman–Crippen LogP) is 3.84. The summed E-state index contributed by atoms with van der Waals surface area (Å²) < 4.78 is 15.9. The number of benzene rings is 1. The number of halogens is 1. The number of imidazole rings is 1. The number of anilines is 1. The van der Waals surface area contributed by atoms with Gasteiger partial charge >= 0.3 is 6.03 Å². The number of amides is 2. The summed E-state index contributed by atoms with van der Waals surface area (Å²) in [4.78, 5) is 18.7. The Labute approximate surface area is 147 Å². The van der Waals surface area contributed by atoms with E-state index in [-0.39, 0.29) is 11.7 Å². The van der Waals surface area contributed by atoms with Crippen molar-refractivity contribution < 1.29 is 9.18 Å². The lowest BCUT2D eigenvalue weighted by Crippen LogP contribution is -2.33. The molecule has 1 unspecified atom stereocenters. The zero-order chi connectivity index (χ0) is 17.8.